The number of carbonyl (C=O) groups is 2. The molecule has 2 N–H and O–H groups in total. The molecule has 0 saturated carbocycles. The van der Waals surface area contributed by atoms with E-state index in [2.05, 4.69) is 31.3 Å². The second kappa shape index (κ2) is 21.5. The first-order valence-corrected chi connectivity index (χ1v) is 17.1. The molecule has 0 saturated heterocycles. The fourth-order valence-electron chi connectivity index (χ4n) is 4.93. The molecule has 0 aliphatic rings. The summed E-state index contributed by atoms with van der Waals surface area (Å²) in [6.07, 6.45) is -8.23. The van der Waals surface area contributed by atoms with Crippen LogP contribution in [0, 0.1) is 0 Å². The number of benzene rings is 4. The van der Waals surface area contributed by atoms with Gasteiger partial charge in [-0.1, -0.05) is 93.4 Å². The first-order chi connectivity index (χ1) is 27.5. The Morgan fingerprint density at radius 1 is 0.707 bits per heavy atom. The van der Waals surface area contributed by atoms with Gasteiger partial charge in [0, 0.05) is 36.3 Å². The highest BCUT2D eigenvalue weighted by Crippen LogP contribution is 2.32. The third-order valence-electron chi connectivity index (χ3n) is 7.86. The van der Waals surface area contributed by atoms with Crippen molar-refractivity contribution in [2.75, 3.05) is 28.3 Å². The predicted octanol–water partition coefficient (Wildman–Crippen LogP) is 7.66. The summed E-state index contributed by atoms with van der Waals surface area (Å²) < 4.78 is 77.1. The molecule has 1 unspecified atom stereocenters. The molecule has 4 rings (SSSR count). The van der Waals surface area contributed by atoms with Crippen molar-refractivity contribution >= 4 is 35.2 Å². The Bertz CT molecular complexity index is 2140. The summed E-state index contributed by atoms with van der Waals surface area (Å²) in [6, 6.07) is 23.3. The third-order valence-corrected chi connectivity index (χ3v) is 7.86. The van der Waals surface area contributed by atoms with Crippen LogP contribution in [0.25, 0.3) is 0 Å². The molecular weight excluding hydrogens is 774 g/mol. The van der Waals surface area contributed by atoms with Crippen LogP contribution in [0.2, 0.25) is 0 Å². The fourth-order valence-corrected chi connectivity index (χ4v) is 4.93. The Kier molecular flexibility index (Phi) is 17.0. The molecule has 0 aromatic heterocycles. The van der Waals surface area contributed by atoms with Crippen LogP contribution in [0.1, 0.15) is 64.5 Å². The van der Waals surface area contributed by atoms with E-state index in [0.29, 0.717) is 33.4 Å². The number of likely N-dealkylation sites (N-methyl/N-ethyl adjacent to an activating group) is 2. The van der Waals surface area contributed by atoms with Crippen molar-refractivity contribution in [2.45, 2.75) is 38.9 Å². The maximum Gasteiger partial charge on any atom is 0.416 e. The van der Waals surface area contributed by atoms with Crippen molar-refractivity contribution in [1.82, 2.24) is 10.6 Å². The van der Waals surface area contributed by atoms with Crippen molar-refractivity contribution in [1.29, 1.82) is 0 Å². The van der Waals surface area contributed by atoms with E-state index in [1.54, 1.807) is 62.4 Å². The monoisotopic (exact) mass is 814 g/mol. The zero-order chi connectivity index (χ0) is 42.9. The third kappa shape index (κ3) is 13.2. The average molecular weight is 815 g/mol. The summed E-state index contributed by atoms with van der Waals surface area (Å²) in [4.78, 5) is 44.2. The first-order valence-electron chi connectivity index (χ1n) is 17.1. The standard InChI is InChI=1S/2C20H20F3N3O3/c1-13(14-8-6-9-16(11-14)20(21,22)23)25-29-12-15-7-4-5-10-17(15)18(26-28-3)19(27)24-2;1-13(14-8-6-9-16(11-14)20(21,22)23)29-25-12-15-7-4-5-10-17(15)18(26-28-3)19(27)24-2/h4-11H,12H2,1-3H3,(H,24,27);4-13H,1-3H3,(H,24,27)/b25-13+,26-18+;25-12+,26-18?. The second-order valence-corrected chi connectivity index (χ2v) is 11.8. The summed E-state index contributed by atoms with van der Waals surface area (Å²) in [5.41, 5.74) is 1.55. The van der Waals surface area contributed by atoms with Gasteiger partial charge in [-0.2, -0.15) is 26.3 Å². The van der Waals surface area contributed by atoms with Crippen LogP contribution in [0.4, 0.5) is 26.3 Å². The molecule has 0 radical (unpaired) electrons. The minimum atomic E-state index is -4.44. The molecule has 0 aliphatic carbocycles. The first kappa shape index (κ1) is 45.7. The van der Waals surface area contributed by atoms with Crippen LogP contribution in [-0.2, 0) is 47.9 Å². The van der Waals surface area contributed by atoms with Gasteiger partial charge in [-0.15, -0.1) is 0 Å². The molecule has 1 atom stereocenters. The number of halogens is 6. The topological polar surface area (TPSA) is 145 Å². The summed E-state index contributed by atoms with van der Waals surface area (Å²) in [7, 11) is 5.57. The van der Waals surface area contributed by atoms with Gasteiger partial charge >= 0.3 is 12.4 Å². The highest BCUT2D eigenvalue weighted by atomic mass is 19.4. The number of oxime groups is 4. The summed E-state index contributed by atoms with van der Waals surface area (Å²) in [5.74, 6) is -0.895. The van der Waals surface area contributed by atoms with Crippen LogP contribution in [0.15, 0.2) is 118 Å². The van der Waals surface area contributed by atoms with Gasteiger partial charge in [0.1, 0.15) is 26.9 Å². The molecule has 0 spiro atoms. The number of rotatable bonds is 14. The lowest BCUT2D eigenvalue weighted by molar-refractivity contribution is -0.138. The van der Waals surface area contributed by atoms with Crippen LogP contribution < -0.4 is 10.6 Å². The summed E-state index contributed by atoms with van der Waals surface area (Å²) in [5, 5.41) is 20.2. The molecule has 4 aromatic rings. The summed E-state index contributed by atoms with van der Waals surface area (Å²) >= 11 is 0. The van der Waals surface area contributed by atoms with E-state index in [1.165, 1.54) is 58.8 Å². The van der Waals surface area contributed by atoms with Gasteiger partial charge in [0.15, 0.2) is 11.4 Å². The Balaban J connectivity index is 0.000000310. The van der Waals surface area contributed by atoms with E-state index in [1.807, 2.05) is 0 Å². The van der Waals surface area contributed by atoms with Gasteiger partial charge in [0.05, 0.1) is 23.1 Å². The molecule has 18 heteroatoms. The van der Waals surface area contributed by atoms with E-state index >= 15 is 0 Å². The SMILES string of the molecule is CNC(=O)/C(=N/OC)c1ccccc1CO/N=C(\C)c1cccc(C(F)(F)F)c1.CNC(=O)C(=NOC)c1ccccc1/C=N/OC(C)c1cccc(C(F)(F)F)c1. The van der Waals surface area contributed by atoms with Crippen LogP contribution in [0.3, 0.4) is 0 Å². The largest absolute Gasteiger partial charge is 0.416 e. The van der Waals surface area contributed by atoms with Crippen molar-refractivity contribution in [2.24, 2.45) is 20.6 Å². The lowest BCUT2D eigenvalue weighted by Crippen LogP contribution is -2.29. The fraction of sp³-hybridized carbons (Fsp3) is 0.250. The van der Waals surface area contributed by atoms with E-state index in [-0.39, 0.29) is 23.7 Å². The predicted molar refractivity (Wildman–Crippen MR) is 205 cm³/mol. The molecule has 0 fully saturated rings. The van der Waals surface area contributed by atoms with Gasteiger partial charge in [0.25, 0.3) is 11.8 Å². The van der Waals surface area contributed by atoms with Gasteiger partial charge in [-0.3, -0.25) is 9.59 Å². The molecule has 0 aliphatic heterocycles. The van der Waals surface area contributed by atoms with Crippen LogP contribution >= 0.6 is 0 Å². The maximum absolute atomic E-state index is 12.9. The van der Waals surface area contributed by atoms with Gasteiger partial charge < -0.3 is 30.0 Å². The molecule has 308 valence electrons. The number of nitrogens with one attached hydrogen (secondary N) is 2. The van der Waals surface area contributed by atoms with Gasteiger partial charge in [-0.05, 0) is 49.2 Å². The lowest BCUT2D eigenvalue weighted by atomic mass is 10.0. The molecule has 58 heavy (non-hydrogen) atoms. The van der Waals surface area contributed by atoms with Crippen molar-refractivity contribution < 1.29 is 55.3 Å². The van der Waals surface area contributed by atoms with E-state index in [0.717, 1.165) is 24.3 Å². The Labute approximate surface area is 330 Å². The molecule has 2 amide bonds. The van der Waals surface area contributed by atoms with Crippen molar-refractivity contribution in [3.63, 3.8) is 0 Å². The molecular formula is C40H40F6N6O6. The number of nitrogens with zero attached hydrogens (tertiary/aromatic N) is 4. The Morgan fingerprint density at radius 3 is 1.83 bits per heavy atom. The number of alkyl halides is 6. The minimum absolute atomic E-state index is 0.0216. The smallest absolute Gasteiger partial charge is 0.398 e. The van der Waals surface area contributed by atoms with E-state index < -0.39 is 41.4 Å². The number of amides is 2. The Morgan fingerprint density at radius 2 is 1.24 bits per heavy atom. The molecule has 0 heterocycles. The zero-order valence-corrected chi connectivity index (χ0v) is 32.1. The molecule has 0 bridgehead atoms. The number of hydrogen-bond acceptors (Lipinski definition) is 10. The summed E-state index contributed by atoms with van der Waals surface area (Å²) in [6.45, 7) is 3.11. The minimum Gasteiger partial charge on any atom is -0.398 e. The van der Waals surface area contributed by atoms with E-state index in [9.17, 15) is 35.9 Å². The maximum atomic E-state index is 12.9. The van der Waals surface area contributed by atoms with Crippen molar-refractivity contribution in [3.05, 3.63) is 142 Å². The lowest BCUT2D eigenvalue weighted by Gasteiger charge is -2.13. The normalized spacial score (nSPS) is 12.9. The molecule has 12 nitrogen and oxygen atoms in total. The van der Waals surface area contributed by atoms with Crippen LogP contribution in [0.5, 0.6) is 0 Å². The average Bonchev–Trinajstić information content (AvgIpc) is 3.21. The van der Waals surface area contributed by atoms with Crippen LogP contribution in [-0.4, -0.2) is 63.5 Å². The van der Waals surface area contributed by atoms with Gasteiger partial charge in [-0.25, -0.2) is 0 Å². The van der Waals surface area contributed by atoms with E-state index in [4.69, 9.17) is 19.4 Å². The second-order valence-electron chi connectivity index (χ2n) is 11.8. The van der Waals surface area contributed by atoms with Gasteiger partial charge in [0.2, 0.25) is 0 Å². The number of hydrogen-bond donors (Lipinski definition) is 2. The van der Waals surface area contributed by atoms with Crippen molar-refractivity contribution in [3.8, 4) is 0 Å². The Hall–Kier alpha value is -6.72. The highest BCUT2D eigenvalue weighted by Gasteiger charge is 2.31. The molecule has 4 aromatic carbocycles. The zero-order valence-electron chi connectivity index (χ0n) is 32.1. The quantitative estimate of drug-likeness (QED) is 0.0761. The number of carbonyl (C=O) groups excluding carboxylic acids is 2. The highest BCUT2D eigenvalue weighted by molar-refractivity contribution is 6.46.